The molecule has 0 bridgehead atoms. The quantitative estimate of drug-likeness (QED) is 0.313. The van der Waals surface area contributed by atoms with Crippen molar-refractivity contribution in [3.05, 3.63) is 89.1 Å². The van der Waals surface area contributed by atoms with Crippen LogP contribution < -0.4 is 25.9 Å². The molecule has 8 heteroatoms. The molecule has 3 aromatic carbocycles. The van der Waals surface area contributed by atoms with Gasteiger partial charge in [-0.25, -0.2) is 4.79 Å². The number of halogens is 5. The number of carbonyl (C=O) groups is 1. The van der Waals surface area contributed by atoms with Crippen LogP contribution in [0.3, 0.4) is 0 Å². The van der Waals surface area contributed by atoms with Crippen molar-refractivity contribution in [3.63, 3.8) is 0 Å². The van der Waals surface area contributed by atoms with Crippen molar-refractivity contribution in [1.29, 1.82) is 0 Å². The number of alkyl halides is 3. The van der Waals surface area contributed by atoms with Crippen molar-refractivity contribution < 1.29 is 48.6 Å². The first-order chi connectivity index (χ1) is 13.8. The average molecular weight is 625 g/mol. The van der Waals surface area contributed by atoms with E-state index >= 15 is 0 Å². The first kappa shape index (κ1) is 21.9. The Morgan fingerprint density at radius 2 is 1.31 bits per heavy atom. The monoisotopic (exact) mass is 625 g/mol. The molecule has 0 unspecified atom stereocenters. The number of ether oxygens (including phenoxy) is 2. The van der Waals surface area contributed by atoms with Gasteiger partial charge in [0.2, 0.25) is 0 Å². The Morgan fingerprint density at radius 3 is 1.83 bits per heavy atom. The van der Waals surface area contributed by atoms with E-state index in [0.29, 0.717) is 0 Å². The Morgan fingerprint density at radius 1 is 0.828 bits per heavy atom. The molecule has 3 nitrogen and oxygen atoms in total. The molecular formula is C21H14F3I2O3+. The van der Waals surface area contributed by atoms with E-state index < -0.39 is 40.0 Å². The molecule has 0 aliphatic rings. The molecule has 0 radical (unpaired) electrons. The van der Waals surface area contributed by atoms with Gasteiger partial charge in [-0.15, -0.1) is 0 Å². The maximum Gasteiger partial charge on any atom is 0.422 e. The number of carbonyl (C=O) groups excluding carboxylic acids is 1. The van der Waals surface area contributed by atoms with E-state index in [1.54, 1.807) is 12.1 Å². The summed E-state index contributed by atoms with van der Waals surface area (Å²) in [6, 6.07) is 22.0. The van der Waals surface area contributed by atoms with Gasteiger partial charge in [0.15, 0.2) is 13.7 Å². The van der Waals surface area contributed by atoms with E-state index in [9.17, 15) is 18.0 Å². The van der Waals surface area contributed by atoms with Crippen molar-refractivity contribution >= 4 is 28.6 Å². The summed E-state index contributed by atoms with van der Waals surface area (Å²) in [6.45, 7) is -1.59. The van der Waals surface area contributed by atoms with Crippen LogP contribution in [0.2, 0.25) is 0 Å². The molecule has 0 aromatic heterocycles. The van der Waals surface area contributed by atoms with Crippen molar-refractivity contribution in [2.75, 3.05) is 6.61 Å². The summed E-state index contributed by atoms with van der Waals surface area (Å²) in [6.07, 6.45) is -4.53. The molecular weight excluding hydrogens is 611 g/mol. The molecule has 3 rings (SSSR count). The van der Waals surface area contributed by atoms with Gasteiger partial charge in [-0.1, -0.05) is 0 Å². The zero-order chi connectivity index (χ0) is 20.9. The number of esters is 1. The molecule has 0 aliphatic carbocycles. The average Bonchev–Trinajstić information content (AvgIpc) is 2.69. The third-order valence-electron chi connectivity index (χ3n) is 3.53. The normalized spacial score (nSPS) is 11.2. The van der Waals surface area contributed by atoms with Crippen LogP contribution in [-0.4, -0.2) is 18.8 Å². The van der Waals surface area contributed by atoms with Gasteiger partial charge in [-0.05, 0) is 95.4 Å². The maximum atomic E-state index is 12.1. The maximum absolute atomic E-state index is 12.1. The summed E-state index contributed by atoms with van der Waals surface area (Å²) in [5, 5.41) is 0. The Hall–Kier alpha value is -1.82. The predicted octanol–water partition coefficient (Wildman–Crippen LogP) is 2.93. The first-order valence-electron chi connectivity index (χ1n) is 8.31. The molecule has 0 spiro atoms. The molecule has 0 amide bonds. The molecule has 3 aromatic rings. The number of hydrogen-bond donors (Lipinski definition) is 0. The van der Waals surface area contributed by atoms with Crippen molar-refractivity contribution in [2.45, 2.75) is 6.18 Å². The highest BCUT2D eigenvalue weighted by Crippen LogP contribution is 2.21. The number of hydrogen-bond acceptors (Lipinski definition) is 3. The second-order valence-corrected chi connectivity index (χ2v) is 10.1. The van der Waals surface area contributed by atoms with Crippen LogP contribution in [-0.2, 0) is 4.74 Å². The molecule has 0 N–H and O–H groups in total. The third kappa shape index (κ3) is 7.18. The SMILES string of the molecule is O=C(OCC(F)(F)F)c1ccc([I+]c2ccc(Oc3ccc(I)cc3)cc2)cc1. The summed E-state index contributed by atoms with van der Waals surface area (Å²) >= 11 is 1.73. The molecule has 0 atom stereocenters. The Kier molecular flexibility index (Phi) is 7.38. The Labute approximate surface area is 189 Å². The second kappa shape index (κ2) is 9.79. The minimum Gasteiger partial charge on any atom is -0.457 e. The van der Waals surface area contributed by atoms with Crippen LogP contribution in [0.25, 0.3) is 0 Å². The highest BCUT2D eigenvalue weighted by Gasteiger charge is 2.30. The third-order valence-corrected chi connectivity index (χ3v) is 6.93. The zero-order valence-electron chi connectivity index (χ0n) is 14.7. The highest BCUT2D eigenvalue weighted by atomic mass is 127. The second-order valence-electron chi connectivity index (χ2n) is 5.80. The minimum absolute atomic E-state index is 0.100. The summed E-state index contributed by atoms with van der Waals surface area (Å²) in [5.41, 5.74) is 0.100. The molecule has 29 heavy (non-hydrogen) atoms. The molecule has 0 fully saturated rings. The van der Waals surface area contributed by atoms with Gasteiger partial charge in [-0.3, -0.25) is 0 Å². The van der Waals surface area contributed by atoms with E-state index in [4.69, 9.17) is 4.74 Å². The molecule has 0 heterocycles. The van der Waals surface area contributed by atoms with Gasteiger partial charge in [0, 0.05) is 3.57 Å². The van der Waals surface area contributed by atoms with Gasteiger partial charge in [0.05, 0.1) is 5.56 Å². The molecule has 0 saturated carbocycles. The van der Waals surface area contributed by atoms with E-state index in [0.717, 1.165) is 22.2 Å². The van der Waals surface area contributed by atoms with Crippen molar-refractivity contribution in [2.24, 2.45) is 0 Å². The van der Waals surface area contributed by atoms with E-state index in [-0.39, 0.29) is 5.56 Å². The van der Waals surface area contributed by atoms with Crippen LogP contribution in [0, 0.1) is 10.7 Å². The predicted molar refractivity (Wildman–Crippen MR) is 106 cm³/mol. The number of benzene rings is 3. The molecule has 150 valence electrons. The lowest BCUT2D eigenvalue weighted by Crippen LogP contribution is -3.61. The van der Waals surface area contributed by atoms with Crippen molar-refractivity contribution in [1.82, 2.24) is 0 Å². The first-order valence-corrected chi connectivity index (χ1v) is 11.5. The van der Waals surface area contributed by atoms with Crippen LogP contribution in [0.15, 0.2) is 72.8 Å². The molecule has 0 saturated heterocycles. The van der Waals surface area contributed by atoms with E-state index in [1.165, 1.54) is 12.1 Å². The van der Waals surface area contributed by atoms with E-state index in [1.807, 2.05) is 48.5 Å². The summed E-state index contributed by atoms with van der Waals surface area (Å²) in [5.74, 6) is 0.520. The van der Waals surface area contributed by atoms with Gasteiger partial charge in [0.1, 0.15) is 11.5 Å². The van der Waals surface area contributed by atoms with Gasteiger partial charge < -0.3 is 9.47 Å². The summed E-state index contributed by atoms with van der Waals surface area (Å²) in [4.78, 5) is 11.6. The largest absolute Gasteiger partial charge is 0.457 e. The smallest absolute Gasteiger partial charge is 0.422 e. The lowest BCUT2D eigenvalue weighted by molar-refractivity contribution is -0.597. The van der Waals surface area contributed by atoms with Gasteiger partial charge in [0.25, 0.3) is 0 Å². The van der Waals surface area contributed by atoms with Crippen LogP contribution in [0.1, 0.15) is 10.4 Å². The zero-order valence-corrected chi connectivity index (χ0v) is 19.1. The Bertz CT molecular complexity index is 954. The molecule has 0 aliphatic heterocycles. The Balaban J connectivity index is 1.57. The lowest BCUT2D eigenvalue weighted by atomic mass is 10.2. The van der Waals surface area contributed by atoms with Gasteiger partial charge >= 0.3 is 33.4 Å². The number of rotatable bonds is 6. The lowest BCUT2D eigenvalue weighted by Gasteiger charge is -2.07. The minimum atomic E-state index is -4.53. The van der Waals surface area contributed by atoms with Crippen LogP contribution in [0.4, 0.5) is 13.2 Å². The van der Waals surface area contributed by atoms with Crippen molar-refractivity contribution in [3.8, 4) is 11.5 Å². The summed E-state index contributed by atoms with van der Waals surface area (Å²) in [7, 11) is 0. The van der Waals surface area contributed by atoms with Crippen LogP contribution >= 0.6 is 22.6 Å². The van der Waals surface area contributed by atoms with Crippen LogP contribution in [0.5, 0.6) is 11.5 Å². The van der Waals surface area contributed by atoms with Gasteiger partial charge in [-0.2, -0.15) is 13.2 Å². The fourth-order valence-corrected chi connectivity index (χ4v) is 4.73. The summed E-state index contributed by atoms with van der Waals surface area (Å²) < 4.78 is 49.7. The van der Waals surface area contributed by atoms with E-state index in [2.05, 4.69) is 27.3 Å². The fourth-order valence-electron chi connectivity index (χ4n) is 2.21. The fraction of sp³-hybridized carbons (Fsp3) is 0.0952. The highest BCUT2D eigenvalue weighted by molar-refractivity contribution is 14.1. The topological polar surface area (TPSA) is 35.5 Å². The standard InChI is InChI=1S/C21H14F3I2O3/c22-21(23,24)13-28-20(27)14-1-5-16(6-2-14)26-17-7-11-19(12-8-17)29-18-9-3-15(25)4-10-18/h1-12H,13H2/q+1.